The second kappa shape index (κ2) is 31.8. The van der Waals surface area contributed by atoms with Crippen LogP contribution in [0.4, 0.5) is 0 Å². The Morgan fingerprint density at radius 1 is 0.486 bits per heavy atom. The molecule has 4 saturated heterocycles. The van der Waals surface area contributed by atoms with E-state index in [1.807, 2.05) is 0 Å². The first-order valence-corrected chi connectivity index (χ1v) is 13.9. The third kappa shape index (κ3) is 33.8. The molecule has 0 bridgehead atoms. The van der Waals surface area contributed by atoms with Gasteiger partial charge in [-0.1, -0.05) is 116 Å². The van der Waals surface area contributed by atoms with E-state index in [0.717, 1.165) is 26.2 Å². The predicted octanol–water partition coefficient (Wildman–Crippen LogP) is 7.76. The molecule has 4 aliphatic heterocycles. The van der Waals surface area contributed by atoms with E-state index in [4.69, 9.17) is 10.5 Å². The summed E-state index contributed by atoms with van der Waals surface area (Å²) in [4.78, 5) is 0. The van der Waals surface area contributed by atoms with Crippen LogP contribution in [0.25, 0.3) is 21.3 Å². The molecule has 0 aromatic rings. The molecule has 0 amide bonds. The van der Waals surface area contributed by atoms with E-state index in [0.29, 0.717) is 24.2 Å². The Kier molecular flexibility index (Phi) is 35.7. The number of hydrogen-bond donors (Lipinski definition) is 0. The molecule has 4 fully saturated rings. The Morgan fingerprint density at radius 3 is 0.714 bits per heavy atom. The van der Waals surface area contributed by atoms with Crippen molar-refractivity contribution in [3.63, 3.8) is 0 Å². The van der Waals surface area contributed by atoms with Crippen LogP contribution in [0.1, 0.15) is 105 Å². The van der Waals surface area contributed by atoms with Crippen LogP contribution in [-0.2, 0) is 42.0 Å². The molecule has 4 aliphatic rings. The first kappa shape index (κ1) is 39.3. The maximum absolute atomic E-state index is 7.13. The maximum Gasteiger partial charge on any atom is 0 e. The first-order valence-electron chi connectivity index (χ1n) is 13.1. The van der Waals surface area contributed by atoms with Gasteiger partial charge in [0.25, 0.3) is 0 Å². The fourth-order valence-electron chi connectivity index (χ4n) is 3.82. The van der Waals surface area contributed by atoms with Crippen LogP contribution in [-0.4, -0.2) is 50.3 Å². The fourth-order valence-corrected chi connectivity index (χ4v) is 3.82. The van der Waals surface area contributed by atoms with E-state index in [-0.39, 0.29) is 16.8 Å². The van der Waals surface area contributed by atoms with Gasteiger partial charge >= 0.3 is 0 Å². The molecule has 4 heterocycles. The Balaban J connectivity index is -0.000000360. The summed E-state index contributed by atoms with van der Waals surface area (Å²) in [6.07, 6.45) is 16.1. The molecular weight excluding hydrogens is 519 g/mol. The van der Waals surface area contributed by atoms with Crippen LogP contribution in [0.2, 0.25) is 0 Å². The van der Waals surface area contributed by atoms with Crippen molar-refractivity contribution < 1.29 is 16.8 Å². The zero-order chi connectivity index (χ0) is 25.9. The second-order valence-corrected chi connectivity index (χ2v) is 9.55. The van der Waals surface area contributed by atoms with Crippen molar-refractivity contribution in [1.82, 2.24) is 0 Å². The molecule has 0 aliphatic carbocycles. The topological polar surface area (TPSA) is 104 Å². The van der Waals surface area contributed by atoms with Crippen molar-refractivity contribution in [2.45, 2.75) is 129 Å². The van der Waals surface area contributed by atoms with E-state index in [1.54, 1.807) is 0 Å². The van der Waals surface area contributed by atoms with E-state index in [1.165, 1.54) is 87.9 Å². The number of rotatable bonds is 0. The van der Waals surface area contributed by atoms with Gasteiger partial charge in [0.1, 0.15) is 0 Å². The summed E-state index contributed by atoms with van der Waals surface area (Å²) in [7, 11) is 0. The molecule has 0 aromatic heterocycles. The van der Waals surface area contributed by atoms with Gasteiger partial charge in [0.05, 0.1) is 0 Å². The molecule has 4 atom stereocenters. The van der Waals surface area contributed by atoms with Crippen molar-refractivity contribution in [3.05, 3.63) is 21.3 Å². The molecule has 9 heteroatoms. The Labute approximate surface area is 238 Å². The van der Waals surface area contributed by atoms with Gasteiger partial charge in [-0.05, 0) is 0 Å². The van der Waals surface area contributed by atoms with Gasteiger partial charge in [-0.15, -0.1) is 50.3 Å². The SMILES string of the molecule is CC1CCCC[N-]1.CC1CCCC[N-]1.CC1CCCC[N-]1.CC1CCCC[N-]1.N#C[S-].N#C[S-].[Co]. The number of hydrogen-bond acceptors (Lipinski definition) is 4. The minimum Gasteiger partial charge on any atom is -0.696 e. The molecule has 4 rings (SSSR count). The van der Waals surface area contributed by atoms with E-state index >= 15 is 0 Å². The van der Waals surface area contributed by atoms with Crippen LogP contribution in [0.5, 0.6) is 0 Å². The van der Waals surface area contributed by atoms with Crippen molar-refractivity contribution in [3.8, 4) is 10.8 Å². The Hall–Kier alpha value is -0.234. The van der Waals surface area contributed by atoms with Crippen LogP contribution in [0.15, 0.2) is 0 Å². The quantitative estimate of drug-likeness (QED) is 0.220. The van der Waals surface area contributed by atoms with Gasteiger partial charge < -0.3 is 46.5 Å². The Bertz CT molecular complexity index is 401. The van der Waals surface area contributed by atoms with Gasteiger partial charge in [-0.3, -0.25) is 0 Å². The van der Waals surface area contributed by atoms with E-state index in [2.05, 4.69) is 74.2 Å². The van der Waals surface area contributed by atoms with Crippen LogP contribution in [0, 0.1) is 21.3 Å². The van der Waals surface area contributed by atoms with Gasteiger partial charge in [0.2, 0.25) is 0 Å². The average Bonchev–Trinajstić information content (AvgIpc) is 2.83. The Morgan fingerprint density at radius 2 is 0.657 bits per heavy atom. The standard InChI is InChI=1S/4C6H12N.2CHNS.Co/c4*1-6-4-2-3-5-7-6;2*2-1-3;/h4*6H,2-5H2,1H3;2*3H;/q4*-1;;;/p-2. The van der Waals surface area contributed by atoms with Crippen LogP contribution >= 0.6 is 0 Å². The second-order valence-electron chi connectivity index (χ2n) is 9.19. The normalized spacial score (nSPS) is 26.8. The van der Waals surface area contributed by atoms with E-state index in [9.17, 15) is 0 Å². The van der Waals surface area contributed by atoms with Crippen molar-refractivity contribution in [1.29, 1.82) is 10.5 Å². The summed E-state index contributed by atoms with van der Waals surface area (Å²) in [5.74, 6) is 0. The molecule has 0 saturated carbocycles. The molecular formula is C26H48CoN6S2-6. The largest absolute Gasteiger partial charge is 0.696 e. The molecule has 4 unspecified atom stereocenters. The summed E-state index contributed by atoms with van der Waals surface area (Å²) in [6, 6.07) is 2.64. The van der Waals surface area contributed by atoms with Crippen molar-refractivity contribution in [2.75, 3.05) is 26.2 Å². The van der Waals surface area contributed by atoms with Gasteiger partial charge in [0, 0.05) is 16.8 Å². The molecule has 0 aromatic carbocycles. The van der Waals surface area contributed by atoms with Crippen LogP contribution in [0.3, 0.4) is 0 Å². The summed E-state index contributed by atoms with van der Waals surface area (Å²) in [5, 5.41) is 34.3. The van der Waals surface area contributed by atoms with Gasteiger partial charge in [-0.25, -0.2) is 10.5 Å². The molecule has 1 radical (unpaired) electrons. The first-order chi connectivity index (χ1) is 16.4. The molecule has 0 N–H and O–H groups in total. The van der Waals surface area contributed by atoms with Crippen molar-refractivity contribution >= 4 is 25.3 Å². The number of nitrogens with zero attached hydrogens (tertiary/aromatic N) is 6. The number of piperidine rings is 4. The summed E-state index contributed by atoms with van der Waals surface area (Å²) >= 11 is 7.40. The minimum atomic E-state index is 0. The fraction of sp³-hybridized carbons (Fsp3) is 0.923. The zero-order valence-electron chi connectivity index (χ0n) is 22.5. The van der Waals surface area contributed by atoms with Crippen LogP contribution < -0.4 is 0 Å². The predicted molar refractivity (Wildman–Crippen MR) is 152 cm³/mol. The van der Waals surface area contributed by atoms with Gasteiger partial charge in [-0.2, -0.15) is 0 Å². The molecule has 35 heavy (non-hydrogen) atoms. The van der Waals surface area contributed by atoms with E-state index < -0.39 is 0 Å². The zero-order valence-corrected chi connectivity index (χ0v) is 25.1. The molecule has 6 nitrogen and oxygen atoms in total. The van der Waals surface area contributed by atoms with Gasteiger partial charge in [0.15, 0.2) is 0 Å². The monoisotopic (exact) mass is 567 g/mol. The summed E-state index contributed by atoms with van der Waals surface area (Å²) in [6.45, 7) is 13.2. The molecule has 0 spiro atoms. The summed E-state index contributed by atoms with van der Waals surface area (Å²) < 4.78 is 0. The summed E-state index contributed by atoms with van der Waals surface area (Å²) in [5.41, 5.74) is 0. The third-order valence-electron chi connectivity index (χ3n) is 5.88. The number of nitriles is 2. The third-order valence-corrected chi connectivity index (χ3v) is 5.88. The van der Waals surface area contributed by atoms with Crippen molar-refractivity contribution in [2.24, 2.45) is 0 Å². The maximum atomic E-state index is 7.13. The minimum absolute atomic E-state index is 0. The average molecular weight is 568 g/mol. The molecule has 209 valence electrons. The number of thiocyanates is 2. The smallest absolute Gasteiger partial charge is 0 e.